The first-order valence-electron chi connectivity index (χ1n) is 6.00. The summed E-state index contributed by atoms with van der Waals surface area (Å²) >= 11 is 1.53. The minimum absolute atomic E-state index is 0.338. The molecule has 1 atom stereocenters. The Kier molecular flexibility index (Phi) is 4.24. The van der Waals surface area contributed by atoms with Crippen molar-refractivity contribution in [1.29, 1.82) is 0 Å². The van der Waals surface area contributed by atoms with Gasteiger partial charge in [0.25, 0.3) is 0 Å². The van der Waals surface area contributed by atoms with Crippen LogP contribution >= 0.6 is 11.8 Å². The van der Waals surface area contributed by atoms with E-state index in [1.54, 1.807) is 0 Å². The van der Waals surface area contributed by atoms with Crippen molar-refractivity contribution in [3.8, 4) is 0 Å². The first-order chi connectivity index (χ1) is 8.58. The van der Waals surface area contributed by atoms with Gasteiger partial charge in [-0.1, -0.05) is 0 Å². The van der Waals surface area contributed by atoms with E-state index in [2.05, 4.69) is 4.98 Å². The molecule has 0 aromatic carbocycles. The fourth-order valence-corrected chi connectivity index (χ4v) is 3.34. The summed E-state index contributed by atoms with van der Waals surface area (Å²) in [5.74, 6) is 0.486. The third-order valence-electron chi connectivity index (χ3n) is 3.01. The van der Waals surface area contributed by atoms with Crippen molar-refractivity contribution in [2.45, 2.75) is 25.3 Å². The molecule has 1 aromatic heterocycles. The molecule has 0 saturated carbocycles. The third kappa shape index (κ3) is 3.03. The quantitative estimate of drug-likeness (QED) is 0.849. The molecule has 0 spiro atoms. The number of carboxylic acids is 1. The number of nitrogens with zero attached hydrogens (tertiary/aromatic N) is 1. The standard InChI is InChI=1S/C13H17NO3S/c1-8-5-9(2)14-12(11(8)13(15)16)18-7-10-3-4-17-6-10/h5,10H,3-4,6-7H2,1-2H3,(H,15,16). The number of thioether (sulfide) groups is 1. The normalized spacial score (nSPS) is 19.1. The van der Waals surface area contributed by atoms with Crippen LogP contribution < -0.4 is 0 Å². The van der Waals surface area contributed by atoms with Gasteiger partial charge in [-0.05, 0) is 37.8 Å². The van der Waals surface area contributed by atoms with Crippen LogP contribution in [0.2, 0.25) is 0 Å². The van der Waals surface area contributed by atoms with E-state index < -0.39 is 5.97 Å². The highest BCUT2D eigenvalue weighted by atomic mass is 32.2. The number of hydrogen-bond donors (Lipinski definition) is 1. The lowest BCUT2D eigenvalue weighted by molar-refractivity contribution is 0.0691. The van der Waals surface area contributed by atoms with Gasteiger partial charge in [0.15, 0.2) is 0 Å². The molecule has 1 unspecified atom stereocenters. The topological polar surface area (TPSA) is 59.4 Å². The van der Waals surface area contributed by atoms with Gasteiger partial charge >= 0.3 is 5.97 Å². The van der Waals surface area contributed by atoms with Crippen LogP contribution in [0.15, 0.2) is 11.1 Å². The molecule has 2 rings (SSSR count). The van der Waals surface area contributed by atoms with Crippen molar-refractivity contribution in [3.05, 3.63) is 22.9 Å². The average Bonchev–Trinajstić information content (AvgIpc) is 2.77. The smallest absolute Gasteiger partial charge is 0.338 e. The van der Waals surface area contributed by atoms with Gasteiger partial charge in [-0.25, -0.2) is 9.78 Å². The van der Waals surface area contributed by atoms with E-state index in [-0.39, 0.29) is 0 Å². The number of aromatic carboxylic acids is 1. The molecule has 4 nitrogen and oxygen atoms in total. The zero-order valence-corrected chi connectivity index (χ0v) is 11.4. The van der Waals surface area contributed by atoms with Crippen LogP contribution in [0.25, 0.3) is 0 Å². The lowest BCUT2D eigenvalue weighted by Gasteiger charge is -2.11. The number of aromatic nitrogens is 1. The highest BCUT2D eigenvalue weighted by molar-refractivity contribution is 7.99. The predicted octanol–water partition coefficient (Wildman–Crippen LogP) is 2.53. The molecule has 1 aliphatic heterocycles. The van der Waals surface area contributed by atoms with Crippen molar-refractivity contribution in [2.75, 3.05) is 19.0 Å². The van der Waals surface area contributed by atoms with Gasteiger partial charge in [0.1, 0.15) is 5.03 Å². The third-order valence-corrected chi connectivity index (χ3v) is 4.21. The van der Waals surface area contributed by atoms with Crippen molar-refractivity contribution >= 4 is 17.7 Å². The van der Waals surface area contributed by atoms with E-state index >= 15 is 0 Å². The summed E-state index contributed by atoms with van der Waals surface area (Å²) in [6.07, 6.45) is 1.06. The Morgan fingerprint density at radius 2 is 2.39 bits per heavy atom. The van der Waals surface area contributed by atoms with Crippen molar-refractivity contribution in [3.63, 3.8) is 0 Å². The lowest BCUT2D eigenvalue weighted by atomic mass is 10.1. The van der Waals surface area contributed by atoms with E-state index in [9.17, 15) is 9.90 Å². The molecule has 1 fully saturated rings. The molecular weight excluding hydrogens is 250 g/mol. The highest BCUT2D eigenvalue weighted by Gasteiger charge is 2.20. The molecule has 98 valence electrons. The predicted molar refractivity (Wildman–Crippen MR) is 70.3 cm³/mol. The SMILES string of the molecule is Cc1cc(C)c(C(=O)O)c(SCC2CCOC2)n1. The second-order valence-corrected chi connectivity index (χ2v) is 5.62. The summed E-state index contributed by atoms with van der Waals surface area (Å²) in [5, 5.41) is 9.88. The number of pyridine rings is 1. The maximum atomic E-state index is 11.3. The molecule has 1 saturated heterocycles. The Morgan fingerprint density at radius 3 is 3.00 bits per heavy atom. The van der Waals surface area contributed by atoms with E-state index in [1.807, 2.05) is 19.9 Å². The summed E-state index contributed by atoms with van der Waals surface area (Å²) in [6, 6.07) is 1.81. The van der Waals surface area contributed by atoms with Crippen LogP contribution in [0.3, 0.4) is 0 Å². The molecule has 1 aliphatic rings. The van der Waals surface area contributed by atoms with Gasteiger partial charge in [-0.2, -0.15) is 0 Å². The van der Waals surface area contributed by atoms with Gasteiger partial charge < -0.3 is 9.84 Å². The lowest BCUT2D eigenvalue weighted by Crippen LogP contribution is -2.08. The molecule has 0 radical (unpaired) electrons. The second kappa shape index (κ2) is 5.71. The number of carbonyl (C=O) groups is 1. The zero-order valence-electron chi connectivity index (χ0n) is 10.6. The van der Waals surface area contributed by atoms with Crippen LogP contribution in [-0.4, -0.2) is 35.0 Å². The largest absolute Gasteiger partial charge is 0.478 e. The van der Waals surface area contributed by atoms with Crippen molar-refractivity contribution < 1.29 is 14.6 Å². The highest BCUT2D eigenvalue weighted by Crippen LogP contribution is 2.28. The molecule has 0 bridgehead atoms. The molecular formula is C13H17NO3S. The number of aryl methyl sites for hydroxylation is 2. The van der Waals surface area contributed by atoms with E-state index in [0.717, 1.165) is 36.6 Å². The summed E-state index contributed by atoms with van der Waals surface area (Å²) in [7, 11) is 0. The molecule has 5 heteroatoms. The van der Waals surface area contributed by atoms with Crippen molar-refractivity contribution in [2.24, 2.45) is 5.92 Å². The molecule has 0 amide bonds. The van der Waals surface area contributed by atoms with Gasteiger partial charge in [-0.15, -0.1) is 11.8 Å². The van der Waals surface area contributed by atoms with Crippen molar-refractivity contribution in [1.82, 2.24) is 4.98 Å². The molecule has 0 aliphatic carbocycles. The van der Waals surface area contributed by atoms with Gasteiger partial charge in [0.05, 0.1) is 12.2 Å². The van der Waals surface area contributed by atoms with E-state index in [0.29, 0.717) is 16.5 Å². The fourth-order valence-electron chi connectivity index (χ4n) is 2.08. The zero-order chi connectivity index (χ0) is 13.1. The Morgan fingerprint density at radius 1 is 1.61 bits per heavy atom. The Labute approximate surface area is 111 Å². The van der Waals surface area contributed by atoms with Gasteiger partial charge in [-0.3, -0.25) is 0 Å². The van der Waals surface area contributed by atoms with E-state index in [1.165, 1.54) is 11.8 Å². The Balaban J connectivity index is 2.16. The number of carboxylic acid groups (broad SMARTS) is 1. The van der Waals surface area contributed by atoms with Crippen LogP contribution in [0, 0.1) is 19.8 Å². The fraction of sp³-hybridized carbons (Fsp3) is 0.538. The van der Waals surface area contributed by atoms with Crippen LogP contribution in [-0.2, 0) is 4.74 Å². The summed E-state index contributed by atoms with van der Waals surface area (Å²) < 4.78 is 5.32. The molecule has 1 N–H and O–H groups in total. The van der Waals surface area contributed by atoms with Gasteiger partial charge in [0.2, 0.25) is 0 Å². The minimum atomic E-state index is -0.898. The maximum absolute atomic E-state index is 11.3. The molecule has 2 heterocycles. The first kappa shape index (κ1) is 13.4. The number of ether oxygens (including phenoxy) is 1. The number of hydrogen-bond acceptors (Lipinski definition) is 4. The maximum Gasteiger partial charge on any atom is 0.338 e. The second-order valence-electron chi connectivity index (χ2n) is 4.61. The van der Waals surface area contributed by atoms with Gasteiger partial charge in [0, 0.05) is 18.1 Å². The van der Waals surface area contributed by atoms with Crippen LogP contribution in [0.5, 0.6) is 0 Å². The van der Waals surface area contributed by atoms with Crippen LogP contribution in [0.4, 0.5) is 0 Å². The first-order valence-corrected chi connectivity index (χ1v) is 6.98. The van der Waals surface area contributed by atoms with E-state index in [4.69, 9.17) is 4.74 Å². The molecule has 18 heavy (non-hydrogen) atoms. The molecule has 1 aromatic rings. The van der Waals surface area contributed by atoms with Crippen LogP contribution in [0.1, 0.15) is 28.0 Å². The number of rotatable bonds is 4. The summed E-state index contributed by atoms with van der Waals surface area (Å²) in [4.78, 5) is 15.6. The Bertz CT molecular complexity index is 456. The summed E-state index contributed by atoms with van der Waals surface area (Å²) in [6.45, 7) is 5.31. The summed E-state index contributed by atoms with van der Waals surface area (Å²) in [5.41, 5.74) is 1.98. The minimum Gasteiger partial charge on any atom is -0.478 e. The Hall–Kier alpha value is -1.07. The monoisotopic (exact) mass is 267 g/mol. The average molecular weight is 267 g/mol.